The van der Waals surface area contributed by atoms with Crippen LogP contribution in [0.4, 0.5) is 45.2 Å². The van der Waals surface area contributed by atoms with Crippen molar-refractivity contribution in [3.05, 3.63) is 89.2 Å². The molecule has 2 aromatic carbocycles. The fraction of sp³-hybridized carbons (Fsp3) is 0.333. The van der Waals surface area contributed by atoms with Gasteiger partial charge in [0.2, 0.25) is 5.91 Å². The van der Waals surface area contributed by atoms with E-state index in [0.717, 1.165) is 42.5 Å². The highest BCUT2D eigenvalue weighted by Gasteiger charge is 2.44. The summed E-state index contributed by atoms with van der Waals surface area (Å²) < 4.78 is 121. The number of halogens is 9. The summed E-state index contributed by atoms with van der Waals surface area (Å²) in [5.74, 6) is -1.08. The first-order chi connectivity index (χ1) is 19.0. The molecule has 0 bridgehead atoms. The van der Waals surface area contributed by atoms with E-state index in [1.165, 1.54) is 29.2 Å². The standard InChI is InChI=1S/C27H22F9N3O2/c1-38(13-12-18-5-3-7-23(37-18)26(31,32)33)22-15-21(16-4-2-6-20(14-16)41-27(34,35)36)39(24(22)40)19-10-8-17(9-11-19)25(28,29)30/h2-11,14,21-22H,12-13,15H2,1H3/t21-,22-/m1/s1. The Kier molecular flexibility index (Phi) is 8.25. The molecule has 0 unspecified atom stereocenters. The number of ether oxygens (including phenoxy) is 1. The number of alkyl halides is 9. The molecule has 4 rings (SSSR count). The van der Waals surface area contributed by atoms with Gasteiger partial charge in [0.15, 0.2) is 0 Å². The van der Waals surface area contributed by atoms with Gasteiger partial charge in [-0.25, -0.2) is 4.98 Å². The Morgan fingerprint density at radius 3 is 2.17 bits per heavy atom. The molecule has 3 aromatic rings. The van der Waals surface area contributed by atoms with E-state index in [4.69, 9.17) is 0 Å². The molecule has 41 heavy (non-hydrogen) atoms. The molecule has 1 aliphatic rings. The van der Waals surface area contributed by atoms with Gasteiger partial charge in [-0.2, -0.15) is 26.3 Å². The van der Waals surface area contributed by atoms with E-state index in [-0.39, 0.29) is 36.3 Å². The Hall–Kier alpha value is -3.81. The first kappa shape index (κ1) is 30.2. The Morgan fingerprint density at radius 2 is 1.56 bits per heavy atom. The van der Waals surface area contributed by atoms with Gasteiger partial charge in [0.1, 0.15) is 11.4 Å². The van der Waals surface area contributed by atoms with Crippen molar-refractivity contribution >= 4 is 11.6 Å². The van der Waals surface area contributed by atoms with Crippen molar-refractivity contribution < 1.29 is 49.0 Å². The average molecular weight is 591 g/mol. The van der Waals surface area contributed by atoms with Gasteiger partial charge >= 0.3 is 18.7 Å². The molecule has 14 heteroatoms. The first-order valence-corrected chi connectivity index (χ1v) is 12.1. The highest BCUT2D eigenvalue weighted by Crippen LogP contribution is 2.41. The lowest BCUT2D eigenvalue weighted by Crippen LogP contribution is -2.40. The highest BCUT2D eigenvalue weighted by atomic mass is 19.4. The number of benzene rings is 2. The van der Waals surface area contributed by atoms with Crippen LogP contribution in [0.3, 0.4) is 0 Å². The normalized spacial score (nSPS) is 18.3. The molecule has 1 fully saturated rings. The van der Waals surface area contributed by atoms with Crippen LogP contribution in [0.25, 0.3) is 0 Å². The van der Waals surface area contributed by atoms with E-state index in [1.54, 1.807) is 11.9 Å². The van der Waals surface area contributed by atoms with Crippen molar-refractivity contribution in [2.75, 3.05) is 18.5 Å². The topological polar surface area (TPSA) is 45.7 Å². The van der Waals surface area contributed by atoms with Crippen LogP contribution in [-0.2, 0) is 23.6 Å². The average Bonchev–Trinajstić information content (AvgIpc) is 3.23. The summed E-state index contributed by atoms with van der Waals surface area (Å²) in [7, 11) is 1.55. The molecule has 1 aliphatic heterocycles. The van der Waals surface area contributed by atoms with Gasteiger partial charge < -0.3 is 9.64 Å². The first-order valence-electron chi connectivity index (χ1n) is 12.1. The third-order valence-electron chi connectivity index (χ3n) is 6.58. The van der Waals surface area contributed by atoms with Crippen LogP contribution in [0.2, 0.25) is 0 Å². The lowest BCUT2D eigenvalue weighted by molar-refractivity contribution is -0.274. The highest BCUT2D eigenvalue weighted by molar-refractivity contribution is 6.00. The van der Waals surface area contributed by atoms with Crippen LogP contribution in [0.15, 0.2) is 66.7 Å². The molecule has 220 valence electrons. The molecular formula is C27H22F9N3O2. The van der Waals surface area contributed by atoms with Crippen molar-refractivity contribution in [3.63, 3.8) is 0 Å². The number of aromatic nitrogens is 1. The lowest BCUT2D eigenvalue weighted by atomic mass is 10.0. The molecule has 0 saturated carbocycles. The summed E-state index contributed by atoms with van der Waals surface area (Å²) in [6.45, 7) is 0.0928. The summed E-state index contributed by atoms with van der Waals surface area (Å²) in [4.78, 5) is 20.0. The quantitative estimate of drug-likeness (QED) is 0.277. The molecule has 0 spiro atoms. The predicted molar refractivity (Wildman–Crippen MR) is 129 cm³/mol. The molecule has 2 heterocycles. The number of carbonyl (C=O) groups is 1. The maximum Gasteiger partial charge on any atom is 0.573 e. The zero-order valence-electron chi connectivity index (χ0n) is 21.2. The molecule has 0 N–H and O–H groups in total. The van der Waals surface area contributed by atoms with Crippen molar-refractivity contribution in [2.45, 2.75) is 43.6 Å². The number of hydrogen-bond donors (Lipinski definition) is 0. The van der Waals surface area contributed by atoms with Crippen molar-refractivity contribution in [2.24, 2.45) is 0 Å². The second kappa shape index (κ2) is 11.2. The zero-order valence-corrected chi connectivity index (χ0v) is 21.2. The Morgan fingerprint density at radius 1 is 0.902 bits per heavy atom. The van der Waals surface area contributed by atoms with E-state index < -0.39 is 53.7 Å². The monoisotopic (exact) mass is 591 g/mol. The van der Waals surface area contributed by atoms with Gasteiger partial charge in [0.25, 0.3) is 0 Å². The van der Waals surface area contributed by atoms with E-state index in [2.05, 4.69) is 9.72 Å². The van der Waals surface area contributed by atoms with Crippen LogP contribution < -0.4 is 9.64 Å². The van der Waals surface area contributed by atoms with Crippen LogP contribution in [0.5, 0.6) is 5.75 Å². The third-order valence-corrected chi connectivity index (χ3v) is 6.58. The molecule has 5 nitrogen and oxygen atoms in total. The molecule has 1 amide bonds. The third kappa shape index (κ3) is 7.29. The van der Waals surface area contributed by atoms with Crippen molar-refractivity contribution in [1.82, 2.24) is 9.88 Å². The number of amides is 1. The molecule has 2 atom stereocenters. The number of likely N-dealkylation sites (N-methyl/N-ethyl adjacent to an activating group) is 1. The number of rotatable bonds is 7. The van der Waals surface area contributed by atoms with Crippen LogP contribution in [0, 0.1) is 0 Å². The van der Waals surface area contributed by atoms with Gasteiger partial charge in [-0.05, 0) is 67.6 Å². The smallest absolute Gasteiger partial charge is 0.406 e. The van der Waals surface area contributed by atoms with Gasteiger partial charge in [-0.1, -0.05) is 18.2 Å². The van der Waals surface area contributed by atoms with Crippen LogP contribution >= 0.6 is 0 Å². The minimum Gasteiger partial charge on any atom is -0.406 e. The minimum atomic E-state index is -4.97. The number of anilines is 1. The maximum absolute atomic E-state index is 13.6. The molecule has 1 aromatic heterocycles. The summed E-state index contributed by atoms with van der Waals surface area (Å²) in [6.07, 6.45) is -14.2. The van der Waals surface area contributed by atoms with Crippen LogP contribution in [0.1, 0.15) is 35.0 Å². The van der Waals surface area contributed by atoms with Crippen molar-refractivity contribution in [3.8, 4) is 5.75 Å². The summed E-state index contributed by atoms with van der Waals surface area (Å²) in [5.41, 5.74) is -1.55. The zero-order chi connectivity index (χ0) is 30.2. The Bertz CT molecular complexity index is 1370. The van der Waals surface area contributed by atoms with Crippen LogP contribution in [-0.4, -0.2) is 41.8 Å². The fourth-order valence-corrected chi connectivity index (χ4v) is 4.65. The second-order valence-electron chi connectivity index (χ2n) is 9.38. The van der Waals surface area contributed by atoms with Gasteiger partial charge in [0.05, 0.1) is 17.6 Å². The van der Waals surface area contributed by atoms with Gasteiger partial charge in [-0.3, -0.25) is 9.69 Å². The molecule has 0 radical (unpaired) electrons. The number of hydrogen-bond acceptors (Lipinski definition) is 4. The SMILES string of the molecule is CN(CCc1cccc(C(F)(F)F)n1)[C@@H]1C[C@H](c2cccc(OC(F)(F)F)c2)N(c2ccc(C(F)(F)F)cc2)C1=O. The maximum atomic E-state index is 13.6. The van der Waals surface area contributed by atoms with E-state index >= 15 is 0 Å². The van der Waals surface area contributed by atoms with E-state index in [1.807, 2.05) is 0 Å². The number of pyridine rings is 1. The lowest BCUT2D eigenvalue weighted by Gasteiger charge is -2.26. The Balaban J connectivity index is 1.62. The largest absolute Gasteiger partial charge is 0.573 e. The molecule has 1 saturated heterocycles. The minimum absolute atomic E-state index is 0.0296. The summed E-state index contributed by atoms with van der Waals surface area (Å²) in [5, 5.41) is 0. The molecular weight excluding hydrogens is 569 g/mol. The predicted octanol–water partition coefficient (Wildman–Crippen LogP) is 7.04. The van der Waals surface area contributed by atoms with E-state index in [9.17, 15) is 44.3 Å². The second-order valence-corrected chi connectivity index (χ2v) is 9.38. The molecule has 0 aliphatic carbocycles. The summed E-state index contributed by atoms with van der Waals surface area (Å²) >= 11 is 0. The number of nitrogens with zero attached hydrogens (tertiary/aromatic N) is 3. The van der Waals surface area contributed by atoms with Crippen molar-refractivity contribution in [1.29, 1.82) is 0 Å². The van der Waals surface area contributed by atoms with Gasteiger partial charge in [0, 0.05) is 24.3 Å². The van der Waals surface area contributed by atoms with E-state index in [0.29, 0.717) is 0 Å². The fourth-order valence-electron chi connectivity index (χ4n) is 4.65. The number of carbonyl (C=O) groups excluding carboxylic acids is 1. The summed E-state index contributed by atoms with van der Waals surface area (Å²) in [6, 6.07) is 10.4. The van der Waals surface area contributed by atoms with Gasteiger partial charge in [-0.15, -0.1) is 13.2 Å². The Labute approximate surface area is 228 Å².